The highest BCUT2D eigenvalue weighted by Crippen LogP contribution is 2.46. The number of Topliss-reactive ketones (excluding diaryl/α,β-unsaturated/α-hetero) is 1. The van der Waals surface area contributed by atoms with E-state index in [4.69, 9.17) is 4.74 Å². The van der Waals surface area contributed by atoms with Crippen LogP contribution in [0.15, 0.2) is 54.6 Å². The maximum absolute atomic E-state index is 13.0. The van der Waals surface area contributed by atoms with Gasteiger partial charge in [-0.25, -0.2) is 0 Å². The molecule has 1 aliphatic carbocycles. The monoisotopic (exact) mass is 308 g/mol. The maximum Gasteiger partial charge on any atom is 0.143 e. The first kappa shape index (κ1) is 15.8. The normalized spacial score (nSPS) is 27.7. The van der Waals surface area contributed by atoms with Crippen molar-refractivity contribution in [2.45, 2.75) is 43.9 Å². The standard InChI is InChI=1S/C21H24O2/c1-20(16-7-5-4-6-8-16)13-14-21(2,19(22)15-20)17-9-11-18(23-3)12-10-17/h4-12H,13-15H2,1-3H3/t20-,21+/m0/s1. The van der Waals surface area contributed by atoms with Gasteiger partial charge in [0.05, 0.1) is 12.5 Å². The van der Waals surface area contributed by atoms with E-state index in [1.54, 1.807) is 7.11 Å². The van der Waals surface area contributed by atoms with Crippen molar-refractivity contribution in [1.29, 1.82) is 0 Å². The summed E-state index contributed by atoms with van der Waals surface area (Å²) < 4.78 is 5.22. The molecular weight excluding hydrogens is 284 g/mol. The van der Waals surface area contributed by atoms with Gasteiger partial charge in [-0.05, 0) is 48.4 Å². The topological polar surface area (TPSA) is 26.3 Å². The Bertz CT molecular complexity index is 690. The molecule has 120 valence electrons. The van der Waals surface area contributed by atoms with Gasteiger partial charge < -0.3 is 4.74 Å². The van der Waals surface area contributed by atoms with Crippen molar-refractivity contribution in [2.75, 3.05) is 7.11 Å². The number of carbonyl (C=O) groups is 1. The van der Waals surface area contributed by atoms with E-state index in [0.717, 1.165) is 24.2 Å². The maximum atomic E-state index is 13.0. The number of methoxy groups -OCH3 is 1. The molecule has 23 heavy (non-hydrogen) atoms. The van der Waals surface area contributed by atoms with Gasteiger partial charge in [-0.15, -0.1) is 0 Å². The molecule has 1 aliphatic rings. The van der Waals surface area contributed by atoms with Crippen molar-refractivity contribution in [3.63, 3.8) is 0 Å². The molecule has 0 radical (unpaired) electrons. The molecule has 0 saturated heterocycles. The molecule has 2 nitrogen and oxygen atoms in total. The third-order valence-electron chi connectivity index (χ3n) is 5.54. The molecule has 0 unspecified atom stereocenters. The van der Waals surface area contributed by atoms with E-state index in [2.05, 4.69) is 38.1 Å². The van der Waals surface area contributed by atoms with Crippen LogP contribution in [-0.4, -0.2) is 12.9 Å². The van der Waals surface area contributed by atoms with Gasteiger partial charge in [0.25, 0.3) is 0 Å². The van der Waals surface area contributed by atoms with E-state index in [0.29, 0.717) is 12.2 Å². The molecule has 0 aromatic heterocycles. The zero-order valence-electron chi connectivity index (χ0n) is 14.1. The van der Waals surface area contributed by atoms with Crippen molar-refractivity contribution < 1.29 is 9.53 Å². The molecule has 0 N–H and O–H groups in total. The Balaban J connectivity index is 1.86. The van der Waals surface area contributed by atoms with Crippen LogP contribution in [0.4, 0.5) is 0 Å². The lowest BCUT2D eigenvalue weighted by Crippen LogP contribution is -2.44. The van der Waals surface area contributed by atoms with Gasteiger partial charge in [0.2, 0.25) is 0 Å². The Morgan fingerprint density at radius 2 is 1.52 bits per heavy atom. The molecule has 0 heterocycles. The van der Waals surface area contributed by atoms with Gasteiger partial charge in [0.15, 0.2) is 0 Å². The minimum atomic E-state index is -0.388. The minimum Gasteiger partial charge on any atom is -0.497 e. The number of hydrogen-bond acceptors (Lipinski definition) is 2. The van der Waals surface area contributed by atoms with Crippen LogP contribution < -0.4 is 4.74 Å². The van der Waals surface area contributed by atoms with Crippen LogP contribution in [0, 0.1) is 0 Å². The lowest BCUT2D eigenvalue weighted by molar-refractivity contribution is -0.127. The first-order valence-corrected chi connectivity index (χ1v) is 8.21. The van der Waals surface area contributed by atoms with Gasteiger partial charge in [0, 0.05) is 6.42 Å². The average molecular weight is 308 g/mol. The lowest BCUT2D eigenvalue weighted by Gasteiger charge is -2.42. The summed E-state index contributed by atoms with van der Waals surface area (Å²) in [5.41, 5.74) is 1.92. The Morgan fingerprint density at radius 1 is 0.870 bits per heavy atom. The van der Waals surface area contributed by atoms with E-state index in [9.17, 15) is 4.79 Å². The summed E-state index contributed by atoms with van der Waals surface area (Å²) in [4.78, 5) is 13.0. The van der Waals surface area contributed by atoms with Gasteiger partial charge in [-0.2, -0.15) is 0 Å². The average Bonchev–Trinajstić information content (AvgIpc) is 2.59. The van der Waals surface area contributed by atoms with Gasteiger partial charge >= 0.3 is 0 Å². The Hall–Kier alpha value is -2.09. The lowest BCUT2D eigenvalue weighted by atomic mass is 9.60. The molecule has 1 fully saturated rings. The highest BCUT2D eigenvalue weighted by Gasteiger charge is 2.45. The fourth-order valence-corrected chi connectivity index (χ4v) is 3.65. The van der Waals surface area contributed by atoms with E-state index < -0.39 is 0 Å². The predicted molar refractivity (Wildman–Crippen MR) is 93.0 cm³/mol. The van der Waals surface area contributed by atoms with Gasteiger partial charge in [-0.3, -0.25) is 4.79 Å². The summed E-state index contributed by atoms with van der Waals surface area (Å²) in [7, 11) is 1.66. The summed E-state index contributed by atoms with van der Waals surface area (Å²) >= 11 is 0. The first-order valence-electron chi connectivity index (χ1n) is 8.21. The minimum absolute atomic E-state index is 0.0513. The third-order valence-corrected chi connectivity index (χ3v) is 5.54. The van der Waals surface area contributed by atoms with Crippen LogP contribution >= 0.6 is 0 Å². The zero-order chi connectivity index (χ0) is 16.5. The highest BCUT2D eigenvalue weighted by molar-refractivity contribution is 5.91. The number of ether oxygens (including phenoxy) is 1. The number of ketones is 1. The molecule has 0 amide bonds. The van der Waals surface area contributed by atoms with Crippen molar-refractivity contribution in [3.8, 4) is 5.75 Å². The Kier molecular flexibility index (Phi) is 4.01. The number of benzene rings is 2. The van der Waals surface area contributed by atoms with Crippen LogP contribution in [0.2, 0.25) is 0 Å². The number of rotatable bonds is 3. The largest absolute Gasteiger partial charge is 0.497 e. The Labute approximate surface area is 138 Å². The van der Waals surface area contributed by atoms with Crippen LogP contribution in [0.25, 0.3) is 0 Å². The smallest absolute Gasteiger partial charge is 0.143 e. The highest BCUT2D eigenvalue weighted by atomic mass is 16.5. The summed E-state index contributed by atoms with van der Waals surface area (Å²) in [5.74, 6) is 1.16. The number of hydrogen-bond donors (Lipinski definition) is 0. The quantitative estimate of drug-likeness (QED) is 0.824. The van der Waals surface area contributed by atoms with Crippen LogP contribution in [0.5, 0.6) is 5.75 Å². The van der Waals surface area contributed by atoms with E-state index in [-0.39, 0.29) is 10.8 Å². The molecule has 0 bridgehead atoms. The first-order chi connectivity index (χ1) is 11.0. The molecule has 0 spiro atoms. The summed E-state index contributed by atoms with van der Waals surface area (Å²) in [6.45, 7) is 4.30. The van der Waals surface area contributed by atoms with Crippen molar-refractivity contribution in [1.82, 2.24) is 0 Å². The number of carbonyl (C=O) groups excluding carboxylic acids is 1. The fourth-order valence-electron chi connectivity index (χ4n) is 3.65. The van der Waals surface area contributed by atoms with Crippen molar-refractivity contribution in [2.24, 2.45) is 0 Å². The van der Waals surface area contributed by atoms with Gasteiger partial charge in [0.1, 0.15) is 11.5 Å². The second kappa shape index (κ2) is 5.84. The van der Waals surface area contributed by atoms with Crippen molar-refractivity contribution >= 4 is 5.78 Å². The van der Waals surface area contributed by atoms with Crippen LogP contribution in [-0.2, 0) is 15.6 Å². The molecule has 2 aromatic rings. The van der Waals surface area contributed by atoms with Gasteiger partial charge in [-0.1, -0.05) is 49.4 Å². The Morgan fingerprint density at radius 3 is 2.09 bits per heavy atom. The third kappa shape index (κ3) is 2.78. The van der Waals surface area contributed by atoms with E-state index in [1.165, 1.54) is 5.56 Å². The second-order valence-corrected chi connectivity index (χ2v) is 7.09. The van der Waals surface area contributed by atoms with E-state index >= 15 is 0 Å². The predicted octanol–water partition coefficient (Wildman–Crippen LogP) is 4.66. The molecular formula is C21H24O2. The van der Waals surface area contributed by atoms with Crippen LogP contribution in [0.3, 0.4) is 0 Å². The molecule has 0 aliphatic heterocycles. The zero-order valence-corrected chi connectivity index (χ0v) is 14.1. The molecule has 3 rings (SSSR count). The van der Waals surface area contributed by atoms with Crippen molar-refractivity contribution in [3.05, 3.63) is 65.7 Å². The molecule has 2 atom stereocenters. The molecule has 1 saturated carbocycles. The summed E-state index contributed by atoms with van der Waals surface area (Å²) in [6.07, 6.45) is 2.49. The van der Waals surface area contributed by atoms with Crippen LogP contribution in [0.1, 0.15) is 44.2 Å². The van der Waals surface area contributed by atoms with E-state index in [1.807, 2.05) is 30.3 Å². The SMILES string of the molecule is COc1ccc([C@@]2(C)CC[C@](C)(c3ccccc3)CC2=O)cc1. The summed E-state index contributed by atoms with van der Waals surface area (Å²) in [5, 5.41) is 0. The fraction of sp³-hybridized carbons (Fsp3) is 0.381. The second-order valence-electron chi connectivity index (χ2n) is 7.09. The summed E-state index contributed by atoms with van der Waals surface area (Å²) in [6, 6.07) is 18.4. The molecule has 2 heteroatoms. The molecule has 2 aromatic carbocycles.